The van der Waals surface area contributed by atoms with E-state index in [0.717, 1.165) is 11.1 Å². The zero-order valence-electron chi connectivity index (χ0n) is 9.45. The molecule has 0 aliphatic carbocycles. The van der Waals surface area contributed by atoms with Crippen LogP contribution < -0.4 is 5.73 Å². The molecule has 0 saturated carbocycles. The Kier molecular flexibility index (Phi) is 2.30. The molecule has 18 heavy (non-hydrogen) atoms. The molecule has 1 aromatic carbocycles. The number of fused-ring (bicyclic) bond motifs is 1. The summed E-state index contributed by atoms with van der Waals surface area (Å²) in [4.78, 5) is 15.3. The smallest absolute Gasteiger partial charge is 0.251 e. The highest BCUT2D eigenvalue weighted by Crippen LogP contribution is 2.22. The molecule has 2 aromatic heterocycles. The van der Waals surface area contributed by atoms with Crippen LogP contribution in [0.15, 0.2) is 48.9 Å². The average Bonchev–Trinajstić information content (AvgIpc) is 2.82. The fraction of sp³-hybridized carbons (Fsp3) is 0. The molecule has 5 heteroatoms. The van der Waals surface area contributed by atoms with Gasteiger partial charge in [0.2, 0.25) is 0 Å². The van der Waals surface area contributed by atoms with Crippen LogP contribution in [0.2, 0.25) is 0 Å². The van der Waals surface area contributed by atoms with Crippen molar-refractivity contribution in [2.75, 3.05) is 0 Å². The predicted octanol–water partition coefficient (Wildman–Crippen LogP) is 1.50. The molecule has 0 saturated heterocycles. The summed E-state index contributed by atoms with van der Waals surface area (Å²) >= 11 is 0. The first-order chi connectivity index (χ1) is 8.75. The summed E-state index contributed by atoms with van der Waals surface area (Å²) in [6.45, 7) is 0. The Labute approximate surface area is 103 Å². The number of rotatable bonds is 2. The lowest BCUT2D eigenvalue weighted by Gasteiger charge is -1.99. The fourth-order valence-electron chi connectivity index (χ4n) is 1.82. The van der Waals surface area contributed by atoms with Gasteiger partial charge in [-0.2, -0.15) is 5.10 Å². The largest absolute Gasteiger partial charge is 0.366 e. The maximum Gasteiger partial charge on any atom is 0.251 e. The Balaban J connectivity index is 2.19. The van der Waals surface area contributed by atoms with Crippen LogP contribution in [0, 0.1) is 0 Å². The van der Waals surface area contributed by atoms with Gasteiger partial charge in [0.05, 0.1) is 11.8 Å². The highest BCUT2D eigenvalue weighted by molar-refractivity contribution is 5.92. The van der Waals surface area contributed by atoms with Crippen LogP contribution in [-0.2, 0) is 0 Å². The molecular formula is C13H10N4O. The number of primary amides is 1. The third-order valence-electron chi connectivity index (χ3n) is 2.73. The van der Waals surface area contributed by atoms with E-state index in [-0.39, 0.29) is 0 Å². The standard InChI is InChI=1S/C13H10N4O/c14-12(18)10-6-15-13-11(7-16-17(13)8-10)9-4-2-1-3-5-9/h1-8H,(H2,14,18). The van der Waals surface area contributed by atoms with Gasteiger partial charge in [-0.05, 0) is 5.56 Å². The van der Waals surface area contributed by atoms with Crippen molar-refractivity contribution in [2.45, 2.75) is 0 Å². The van der Waals surface area contributed by atoms with E-state index in [1.54, 1.807) is 16.9 Å². The Morgan fingerprint density at radius 3 is 2.67 bits per heavy atom. The van der Waals surface area contributed by atoms with Crippen molar-refractivity contribution in [3.8, 4) is 11.1 Å². The van der Waals surface area contributed by atoms with Crippen LogP contribution in [0.5, 0.6) is 0 Å². The van der Waals surface area contributed by atoms with Gasteiger partial charge in [-0.3, -0.25) is 4.79 Å². The Bertz CT molecular complexity index is 718. The van der Waals surface area contributed by atoms with E-state index in [0.29, 0.717) is 11.2 Å². The Hall–Kier alpha value is -2.69. The third kappa shape index (κ3) is 1.62. The number of carbonyl (C=O) groups is 1. The lowest BCUT2D eigenvalue weighted by molar-refractivity contribution is 0.0999. The number of carbonyl (C=O) groups excluding carboxylic acids is 1. The van der Waals surface area contributed by atoms with Gasteiger partial charge < -0.3 is 5.73 Å². The Morgan fingerprint density at radius 2 is 1.94 bits per heavy atom. The average molecular weight is 238 g/mol. The zero-order valence-corrected chi connectivity index (χ0v) is 9.45. The first-order valence-electron chi connectivity index (χ1n) is 5.44. The maximum atomic E-state index is 11.1. The fourth-order valence-corrected chi connectivity index (χ4v) is 1.82. The second-order valence-corrected chi connectivity index (χ2v) is 3.90. The zero-order chi connectivity index (χ0) is 12.5. The van der Waals surface area contributed by atoms with Gasteiger partial charge >= 0.3 is 0 Å². The van der Waals surface area contributed by atoms with E-state index in [1.807, 2.05) is 30.3 Å². The number of benzene rings is 1. The summed E-state index contributed by atoms with van der Waals surface area (Å²) in [5.74, 6) is -0.513. The minimum Gasteiger partial charge on any atom is -0.366 e. The number of nitrogens with two attached hydrogens (primary N) is 1. The van der Waals surface area contributed by atoms with Crippen molar-refractivity contribution in [1.29, 1.82) is 0 Å². The molecule has 0 aliphatic rings. The Morgan fingerprint density at radius 1 is 1.17 bits per heavy atom. The van der Waals surface area contributed by atoms with E-state index in [2.05, 4.69) is 10.1 Å². The van der Waals surface area contributed by atoms with Crippen molar-refractivity contribution in [3.05, 3.63) is 54.5 Å². The number of aromatic nitrogens is 3. The highest BCUT2D eigenvalue weighted by atomic mass is 16.1. The molecule has 5 nitrogen and oxygen atoms in total. The van der Waals surface area contributed by atoms with Crippen LogP contribution in [-0.4, -0.2) is 20.5 Å². The lowest BCUT2D eigenvalue weighted by atomic mass is 10.1. The van der Waals surface area contributed by atoms with Crippen LogP contribution >= 0.6 is 0 Å². The van der Waals surface area contributed by atoms with Gasteiger partial charge in [-0.15, -0.1) is 0 Å². The molecule has 3 aromatic rings. The summed E-state index contributed by atoms with van der Waals surface area (Å²) < 4.78 is 1.56. The molecule has 3 rings (SSSR count). The second-order valence-electron chi connectivity index (χ2n) is 3.90. The van der Waals surface area contributed by atoms with Crippen LogP contribution in [0.4, 0.5) is 0 Å². The van der Waals surface area contributed by atoms with E-state index in [9.17, 15) is 4.79 Å². The van der Waals surface area contributed by atoms with Gasteiger partial charge in [0.15, 0.2) is 5.65 Å². The molecule has 1 amide bonds. The van der Waals surface area contributed by atoms with Gasteiger partial charge in [0.1, 0.15) is 0 Å². The molecule has 0 unspecified atom stereocenters. The minimum atomic E-state index is -0.513. The molecule has 0 fully saturated rings. The summed E-state index contributed by atoms with van der Waals surface area (Å²) in [5, 5.41) is 4.18. The summed E-state index contributed by atoms with van der Waals surface area (Å²) in [6, 6.07) is 9.84. The van der Waals surface area contributed by atoms with Gasteiger partial charge in [0, 0.05) is 18.0 Å². The first-order valence-corrected chi connectivity index (χ1v) is 5.44. The monoisotopic (exact) mass is 238 g/mol. The second kappa shape index (κ2) is 3.96. The number of nitrogens with zero attached hydrogens (tertiary/aromatic N) is 3. The van der Waals surface area contributed by atoms with E-state index in [4.69, 9.17) is 5.73 Å². The van der Waals surface area contributed by atoms with Gasteiger partial charge in [-0.1, -0.05) is 30.3 Å². The summed E-state index contributed by atoms with van der Waals surface area (Å²) in [5.41, 5.74) is 8.20. The van der Waals surface area contributed by atoms with Gasteiger partial charge in [0.25, 0.3) is 5.91 Å². The van der Waals surface area contributed by atoms with Crippen molar-refractivity contribution < 1.29 is 4.79 Å². The molecular weight excluding hydrogens is 228 g/mol. The predicted molar refractivity (Wildman–Crippen MR) is 66.9 cm³/mol. The maximum absolute atomic E-state index is 11.1. The van der Waals surface area contributed by atoms with E-state index >= 15 is 0 Å². The molecule has 0 bridgehead atoms. The SMILES string of the molecule is NC(=O)c1cnc2c(-c3ccccc3)cnn2c1. The molecule has 88 valence electrons. The molecule has 0 aliphatic heterocycles. The topological polar surface area (TPSA) is 73.3 Å². The molecule has 0 radical (unpaired) electrons. The number of hydrogen-bond donors (Lipinski definition) is 1. The molecule has 2 heterocycles. The first kappa shape index (κ1) is 10.5. The van der Waals surface area contributed by atoms with E-state index < -0.39 is 5.91 Å². The number of amides is 1. The number of hydrogen-bond acceptors (Lipinski definition) is 3. The highest BCUT2D eigenvalue weighted by Gasteiger charge is 2.09. The molecule has 0 atom stereocenters. The van der Waals surface area contributed by atoms with Crippen molar-refractivity contribution >= 4 is 11.6 Å². The van der Waals surface area contributed by atoms with Crippen molar-refractivity contribution in [2.24, 2.45) is 5.73 Å². The van der Waals surface area contributed by atoms with Crippen LogP contribution in [0.25, 0.3) is 16.8 Å². The van der Waals surface area contributed by atoms with Crippen LogP contribution in [0.3, 0.4) is 0 Å². The van der Waals surface area contributed by atoms with Crippen molar-refractivity contribution in [1.82, 2.24) is 14.6 Å². The summed E-state index contributed by atoms with van der Waals surface area (Å²) in [6.07, 6.45) is 4.77. The summed E-state index contributed by atoms with van der Waals surface area (Å²) in [7, 11) is 0. The third-order valence-corrected chi connectivity index (χ3v) is 2.73. The normalized spacial score (nSPS) is 10.7. The van der Waals surface area contributed by atoms with Gasteiger partial charge in [-0.25, -0.2) is 9.50 Å². The van der Waals surface area contributed by atoms with Crippen molar-refractivity contribution in [3.63, 3.8) is 0 Å². The lowest BCUT2D eigenvalue weighted by Crippen LogP contribution is -2.12. The van der Waals surface area contributed by atoms with E-state index in [1.165, 1.54) is 6.20 Å². The molecule has 0 spiro atoms. The molecule has 2 N–H and O–H groups in total. The minimum absolute atomic E-state index is 0.338. The van der Waals surface area contributed by atoms with Crippen LogP contribution in [0.1, 0.15) is 10.4 Å². The quantitative estimate of drug-likeness (QED) is 0.735.